The summed E-state index contributed by atoms with van der Waals surface area (Å²) in [5.41, 5.74) is 1.22. The largest absolute Gasteiger partial charge is 0.308 e. The molecule has 0 saturated heterocycles. The first-order chi connectivity index (χ1) is 6.75. The zero-order valence-corrected chi connectivity index (χ0v) is 7.11. The Morgan fingerprint density at radius 3 is 2.29 bits per heavy atom. The molecule has 0 saturated carbocycles. The summed E-state index contributed by atoms with van der Waals surface area (Å²) in [6.45, 7) is 0. The summed E-state index contributed by atoms with van der Waals surface area (Å²) < 4.78 is 25.2. The molecule has 1 aromatic heterocycles. The maximum atomic E-state index is 12.8. The van der Waals surface area contributed by atoms with E-state index in [0.29, 0.717) is 11.1 Å². The molecule has 0 aliphatic heterocycles. The summed E-state index contributed by atoms with van der Waals surface area (Å²) in [5, 5.41) is 0. The number of aromatic nitrogens is 2. The molecule has 0 bridgehead atoms. The molecule has 1 aromatic carbocycles. The Morgan fingerprint density at radius 1 is 0.929 bits per heavy atom. The monoisotopic (exact) mass is 192 g/mol. The molecule has 70 valence electrons. The van der Waals surface area contributed by atoms with Crippen LogP contribution in [0, 0.1) is 11.9 Å². The molecule has 0 fully saturated rings. The van der Waals surface area contributed by atoms with Gasteiger partial charge in [-0.2, -0.15) is 4.39 Å². The molecule has 0 atom stereocenters. The van der Waals surface area contributed by atoms with Crippen LogP contribution in [0.3, 0.4) is 0 Å². The summed E-state index contributed by atoms with van der Waals surface area (Å²) >= 11 is 0. The highest BCUT2D eigenvalue weighted by atomic mass is 19.1. The van der Waals surface area contributed by atoms with Crippen LogP contribution in [-0.2, 0) is 0 Å². The number of halogens is 2. The molecule has 0 amide bonds. The van der Waals surface area contributed by atoms with Crippen LogP contribution < -0.4 is 0 Å². The van der Waals surface area contributed by atoms with Crippen LogP contribution in [-0.4, -0.2) is 9.97 Å². The molecule has 0 N–H and O–H groups in total. The molecule has 0 aliphatic carbocycles. The second-order valence-corrected chi connectivity index (χ2v) is 2.75. The molecule has 2 nitrogen and oxygen atoms in total. The van der Waals surface area contributed by atoms with Crippen molar-refractivity contribution in [3.05, 3.63) is 48.6 Å². The van der Waals surface area contributed by atoms with Crippen molar-refractivity contribution < 1.29 is 8.78 Å². The average molecular weight is 192 g/mol. The van der Waals surface area contributed by atoms with Crippen molar-refractivity contribution in [2.24, 2.45) is 0 Å². The van der Waals surface area contributed by atoms with E-state index in [2.05, 4.69) is 9.97 Å². The second kappa shape index (κ2) is 3.49. The van der Waals surface area contributed by atoms with Crippen LogP contribution in [0.1, 0.15) is 0 Å². The standard InChI is InChI=1S/C10H6F2N2/c11-9-3-1-2-7(4-9)8-5-13-10(12)14-6-8/h1-6H. The molecule has 2 rings (SSSR count). The van der Waals surface area contributed by atoms with Gasteiger partial charge in [0.05, 0.1) is 0 Å². The van der Waals surface area contributed by atoms with Gasteiger partial charge >= 0.3 is 6.08 Å². The van der Waals surface area contributed by atoms with Gasteiger partial charge in [0.1, 0.15) is 5.82 Å². The highest BCUT2D eigenvalue weighted by molar-refractivity contribution is 5.60. The Labute approximate surface area is 79.3 Å². The molecule has 4 heteroatoms. The Morgan fingerprint density at radius 2 is 1.64 bits per heavy atom. The van der Waals surface area contributed by atoms with Crippen LogP contribution in [0.4, 0.5) is 8.78 Å². The number of hydrogen-bond acceptors (Lipinski definition) is 2. The van der Waals surface area contributed by atoms with Gasteiger partial charge in [-0.3, -0.25) is 0 Å². The van der Waals surface area contributed by atoms with Gasteiger partial charge in [0, 0.05) is 18.0 Å². The minimum atomic E-state index is -0.787. The Bertz CT molecular complexity index is 440. The van der Waals surface area contributed by atoms with Gasteiger partial charge in [0.15, 0.2) is 0 Å². The van der Waals surface area contributed by atoms with E-state index in [0.717, 1.165) is 0 Å². The summed E-state index contributed by atoms with van der Waals surface area (Å²) in [4.78, 5) is 6.77. The van der Waals surface area contributed by atoms with E-state index < -0.39 is 6.08 Å². The summed E-state index contributed by atoms with van der Waals surface area (Å²) in [5.74, 6) is -0.341. The van der Waals surface area contributed by atoms with Crippen LogP contribution in [0.2, 0.25) is 0 Å². The zero-order chi connectivity index (χ0) is 9.97. The van der Waals surface area contributed by atoms with Gasteiger partial charge < -0.3 is 0 Å². The van der Waals surface area contributed by atoms with E-state index in [4.69, 9.17) is 0 Å². The first-order valence-electron chi connectivity index (χ1n) is 3.99. The molecule has 14 heavy (non-hydrogen) atoms. The van der Waals surface area contributed by atoms with E-state index in [1.165, 1.54) is 24.5 Å². The molecule has 0 spiro atoms. The van der Waals surface area contributed by atoms with E-state index in [1.54, 1.807) is 12.1 Å². The fraction of sp³-hybridized carbons (Fsp3) is 0. The fourth-order valence-electron chi connectivity index (χ4n) is 1.13. The number of rotatable bonds is 1. The third-order valence-electron chi connectivity index (χ3n) is 1.78. The van der Waals surface area contributed by atoms with Crippen molar-refractivity contribution in [2.75, 3.05) is 0 Å². The first-order valence-corrected chi connectivity index (χ1v) is 3.99. The van der Waals surface area contributed by atoms with E-state index in [9.17, 15) is 8.78 Å². The normalized spacial score (nSPS) is 10.1. The van der Waals surface area contributed by atoms with Crippen molar-refractivity contribution >= 4 is 0 Å². The number of hydrogen-bond donors (Lipinski definition) is 0. The Hall–Kier alpha value is -1.84. The van der Waals surface area contributed by atoms with Crippen LogP contribution in [0.25, 0.3) is 11.1 Å². The van der Waals surface area contributed by atoms with Gasteiger partial charge in [-0.05, 0) is 17.7 Å². The third-order valence-corrected chi connectivity index (χ3v) is 1.78. The van der Waals surface area contributed by atoms with Crippen molar-refractivity contribution in [1.82, 2.24) is 9.97 Å². The average Bonchev–Trinajstić information content (AvgIpc) is 2.19. The maximum Gasteiger partial charge on any atom is 0.308 e. The first kappa shape index (κ1) is 8.74. The molecule has 0 unspecified atom stereocenters. The summed E-state index contributed by atoms with van der Waals surface area (Å²) in [6, 6.07) is 5.97. The minimum Gasteiger partial charge on any atom is -0.210 e. The van der Waals surface area contributed by atoms with Crippen LogP contribution in [0.15, 0.2) is 36.7 Å². The van der Waals surface area contributed by atoms with Gasteiger partial charge in [-0.1, -0.05) is 12.1 Å². The predicted molar refractivity (Wildman–Crippen MR) is 47.4 cm³/mol. The molecular formula is C10H6F2N2. The Kier molecular flexibility index (Phi) is 2.18. The molecule has 0 radical (unpaired) electrons. The van der Waals surface area contributed by atoms with E-state index >= 15 is 0 Å². The van der Waals surface area contributed by atoms with Crippen molar-refractivity contribution in [2.45, 2.75) is 0 Å². The number of nitrogens with zero attached hydrogens (tertiary/aromatic N) is 2. The van der Waals surface area contributed by atoms with Gasteiger partial charge in [-0.15, -0.1) is 0 Å². The van der Waals surface area contributed by atoms with Crippen molar-refractivity contribution in [1.29, 1.82) is 0 Å². The molecule has 0 aliphatic rings. The third kappa shape index (κ3) is 1.74. The zero-order valence-electron chi connectivity index (χ0n) is 7.11. The van der Waals surface area contributed by atoms with E-state index in [1.807, 2.05) is 0 Å². The summed E-state index contributed by atoms with van der Waals surface area (Å²) in [6.07, 6.45) is 1.85. The lowest BCUT2D eigenvalue weighted by Crippen LogP contribution is -1.88. The lowest BCUT2D eigenvalue weighted by Gasteiger charge is -1.99. The quantitative estimate of drug-likeness (QED) is 0.648. The van der Waals surface area contributed by atoms with Crippen molar-refractivity contribution in [3.63, 3.8) is 0 Å². The topological polar surface area (TPSA) is 25.8 Å². The van der Waals surface area contributed by atoms with Gasteiger partial charge in [-0.25, -0.2) is 14.4 Å². The minimum absolute atomic E-state index is 0.341. The molecule has 1 heterocycles. The number of benzene rings is 1. The van der Waals surface area contributed by atoms with Crippen LogP contribution in [0.5, 0.6) is 0 Å². The Balaban J connectivity index is 2.44. The van der Waals surface area contributed by atoms with Gasteiger partial charge in [0.25, 0.3) is 0 Å². The SMILES string of the molecule is Fc1cccc(-c2cnc(F)nc2)c1. The lowest BCUT2D eigenvalue weighted by molar-refractivity contribution is 0.539. The highest BCUT2D eigenvalue weighted by Gasteiger charge is 2.00. The maximum absolute atomic E-state index is 12.8. The molecular weight excluding hydrogens is 186 g/mol. The van der Waals surface area contributed by atoms with E-state index in [-0.39, 0.29) is 5.82 Å². The van der Waals surface area contributed by atoms with Gasteiger partial charge in [0.2, 0.25) is 0 Å². The smallest absolute Gasteiger partial charge is 0.210 e. The van der Waals surface area contributed by atoms with Crippen LogP contribution >= 0.6 is 0 Å². The second-order valence-electron chi connectivity index (χ2n) is 2.75. The fourth-order valence-corrected chi connectivity index (χ4v) is 1.13. The lowest BCUT2D eigenvalue weighted by atomic mass is 10.1. The highest BCUT2D eigenvalue weighted by Crippen LogP contribution is 2.17. The molecule has 2 aromatic rings. The summed E-state index contributed by atoms with van der Waals surface area (Å²) in [7, 11) is 0. The predicted octanol–water partition coefficient (Wildman–Crippen LogP) is 2.42. The van der Waals surface area contributed by atoms with Crippen molar-refractivity contribution in [3.8, 4) is 11.1 Å².